The largest absolute Gasteiger partial charge is 0.475 e. The Morgan fingerprint density at radius 2 is 2.00 bits per heavy atom. The van der Waals surface area contributed by atoms with Gasteiger partial charge in [-0.05, 0) is 12.3 Å². The molecule has 0 unspecified atom stereocenters. The monoisotopic (exact) mass is 230 g/mol. The molecule has 0 heterocycles. The molecule has 0 aromatic rings. The van der Waals surface area contributed by atoms with Crippen LogP contribution in [0.1, 0.15) is 40.0 Å². The van der Waals surface area contributed by atoms with Crippen LogP contribution in [-0.2, 0) is 4.79 Å². The molecule has 1 amide bonds. The number of hydrogen-bond acceptors (Lipinski definition) is 4. The molecule has 0 radical (unpaired) electrons. The van der Waals surface area contributed by atoms with Gasteiger partial charge in [0.2, 0.25) is 5.91 Å². The number of carbonyl (C=O) groups excluding carboxylic acids is 1. The van der Waals surface area contributed by atoms with Gasteiger partial charge in [-0.25, -0.2) is 0 Å². The predicted molar refractivity (Wildman–Crippen MR) is 64.5 cm³/mol. The highest BCUT2D eigenvalue weighted by Gasteiger charge is 2.27. The summed E-state index contributed by atoms with van der Waals surface area (Å²) in [4.78, 5) is 11.6. The van der Waals surface area contributed by atoms with E-state index < -0.39 is 19.1 Å². The lowest BCUT2D eigenvalue weighted by molar-refractivity contribution is -0.123. The van der Waals surface area contributed by atoms with E-state index in [9.17, 15) is 4.79 Å². The maximum atomic E-state index is 11.6. The van der Waals surface area contributed by atoms with Crippen LogP contribution in [0.25, 0.3) is 0 Å². The second-order valence-corrected chi connectivity index (χ2v) is 4.44. The summed E-state index contributed by atoms with van der Waals surface area (Å²) in [5, 5.41) is 20.8. The van der Waals surface area contributed by atoms with Crippen molar-refractivity contribution in [3.05, 3.63) is 0 Å². The highest BCUT2D eigenvalue weighted by molar-refractivity contribution is 6.43. The summed E-state index contributed by atoms with van der Waals surface area (Å²) in [6, 6.07) is -0.608. The highest BCUT2D eigenvalue weighted by atomic mass is 16.4. The number of carbonyl (C=O) groups is 1. The van der Waals surface area contributed by atoms with Crippen molar-refractivity contribution >= 4 is 13.0 Å². The third-order valence-electron chi connectivity index (χ3n) is 2.58. The van der Waals surface area contributed by atoms with E-state index in [-0.39, 0.29) is 11.8 Å². The van der Waals surface area contributed by atoms with Crippen LogP contribution in [-0.4, -0.2) is 35.1 Å². The summed E-state index contributed by atoms with van der Waals surface area (Å²) in [5.74, 6) is -0.927. The van der Waals surface area contributed by atoms with E-state index in [1.165, 1.54) is 0 Å². The molecule has 5 N–H and O–H groups in total. The van der Waals surface area contributed by atoms with E-state index in [1.54, 1.807) is 0 Å². The zero-order valence-corrected chi connectivity index (χ0v) is 10.3. The van der Waals surface area contributed by atoms with Crippen molar-refractivity contribution in [1.82, 2.24) is 5.32 Å². The van der Waals surface area contributed by atoms with E-state index >= 15 is 0 Å². The van der Waals surface area contributed by atoms with Crippen LogP contribution >= 0.6 is 0 Å². The van der Waals surface area contributed by atoms with Gasteiger partial charge >= 0.3 is 7.12 Å². The van der Waals surface area contributed by atoms with Gasteiger partial charge < -0.3 is 21.1 Å². The molecule has 5 nitrogen and oxygen atoms in total. The number of unbranched alkanes of at least 4 members (excludes halogenated alkanes) is 1. The maximum absolute atomic E-state index is 11.6. The van der Waals surface area contributed by atoms with Gasteiger partial charge in [-0.15, -0.1) is 0 Å². The fourth-order valence-corrected chi connectivity index (χ4v) is 1.30. The Bertz CT molecular complexity index is 212. The quantitative estimate of drug-likeness (QED) is 0.450. The van der Waals surface area contributed by atoms with Gasteiger partial charge in [0.05, 0.1) is 12.0 Å². The molecule has 0 aliphatic carbocycles. The van der Waals surface area contributed by atoms with Crippen LogP contribution < -0.4 is 11.1 Å². The molecular weight excluding hydrogens is 207 g/mol. The first kappa shape index (κ1) is 15.4. The molecule has 0 aromatic carbocycles. The standard InChI is InChI=1S/C10H23BN2O3/c1-4-5-6-8(11(15)16)13-10(14)9(12)7(2)3/h7-9,15-16H,4-6,12H2,1-3H3,(H,13,14)/t8-,9+/m1/s1. The first-order valence-electron chi connectivity index (χ1n) is 5.82. The van der Waals surface area contributed by atoms with Gasteiger partial charge in [-0.1, -0.05) is 33.6 Å². The maximum Gasteiger partial charge on any atom is 0.475 e. The Kier molecular flexibility index (Phi) is 7.37. The van der Waals surface area contributed by atoms with Crippen LogP contribution in [0.2, 0.25) is 0 Å². The molecule has 0 fully saturated rings. The summed E-state index contributed by atoms with van der Waals surface area (Å²) in [6.07, 6.45) is 2.32. The van der Waals surface area contributed by atoms with Crippen molar-refractivity contribution in [1.29, 1.82) is 0 Å². The predicted octanol–water partition coefficient (Wildman–Crippen LogP) is -0.343. The molecule has 0 saturated heterocycles. The van der Waals surface area contributed by atoms with Crippen molar-refractivity contribution in [2.24, 2.45) is 11.7 Å². The summed E-state index contributed by atoms with van der Waals surface area (Å²) in [7, 11) is -1.53. The van der Waals surface area contributed by atoms with Gasteiger partial charge in [0.15, 0.2) is 0 Å². The summed E-state index contributed by atoms with van der Waals surface area (Å²) >= 11 is 0. The van der Waals surface area contributed by atoms with Crippen LogP contribution in [0.15, 0.2) is 0 Å². The minimum Gasteiger partial charge on any atom is -0.426 e. The van der Waals surface area contributed by atoms with Crippen LogP contribution in [0.4, 0.5) is 0 Å². The number of nitrogens with one attached hydrogen (secondary N) is 1. The number of hydrogen-bond donors (Lipinski definition) is 4. The van der Waals surface area contributed by atoms with Crippen molar-refractivity contribution in [2.75, 3.05) is 0 Å². The smallest absolute Gasteiger partial charge is 0.426 e. The second-order valence-electron chi connectivity index (χ2n) is 4.44. The molecule has 0 spiro atoms. The molecule has 0 bridgehead atoms. The lowest BCUT2D eigenvalue weighted by atomic mass is 9.76. The Labute approximate surface area is 97.6 Å². The van der Waals surface area contributed by atoms with Gasteiger partial charge in [0, 0.05) is 0 Å². The third kappa shape index (κ3) is 5.49. The number of amides is 1. The zero-order chi connectivity index (χ0) is 12.7. The fourth-order valence-electron chi connectivity index (χ4n) is 1.30. The Morgan fingerprint density at radius 3 is 2.38 bits per heavy atom. The first-order chi connectivity index (χ1) is 7.40. The average Bonchev–Trinajstić information content (AvgIpc) is 2.21. The van der Waals surface area contributed by atoms with E-state index in [0.717, 1.165) is 12.8 Å². The van der Waals surface area contributed by atoms with Crippen LogP contribution in [0.5, 0.6) is 0 Å². The van der Waals surface area contributed by atoms with Gasteiger partial charge in [-0.3, -0.25) is 4.79 Å². The highest BCUT2D eigenvalue weighted by Crippen LogP contribution is 2.04. The van der Waals surface area contributed by atoms with E-state index in [4.69, 9.17) is 15.8 Å². The minimum absolute atomic E-state index is 0.0302. The van der Waals surface area contributed by atoms with Gasteiger partial charge in [-0.2, -0.15) is 0 Å². The zero-order valence-electron chi connectivity index (χ0n) is 10.3. The molecular formula is C10H23BN2O3. The fraction of sp³-hybridized carbons (Fsp3) is 0.900. The van der Waals surface area contributed by atoms with Crippen LogP contribution in [0.3, 0.4) is 0 Å². The molecule has 2 atom stereocenters. The van der Waals surface area contributed by atoms with Gasteiger partial charge in [0.25, 0.3) is 0 Å². The molecule has 0 aliphatic heterocycles. The molecule has 6 heteroatoms. The van der Waals surface area contributed by atoms with Crippen molar-refractivity contribution in [3.8, 4) is 0 Å². The number of rotatable bonds is 7. The van der Waals surface area contributed by atoms with Crippen molar-refractivity contribution in [3.63, 3.8) is 0 Å². The SMILES string of the molecule is CCCC[C@@H](NC(=O)[C@@H](N)C(C)C)B(O)O. The lowest BCUT2D eigenvalue weighted by Crippen LogP contribution is -2.53. The van der Waals surface area contributed by atoms with E-state index in [0.29, 0.717) is 6.42 Å². The second kappa shape index (κ2) is 7.65. The summed E-state index contributed by atoms with van der Waals surface area (Å²) in [6.45, 7) is 5.70. The summed E-state index contributed by atoms with van der Waals surface area (Å²) in [5.41, 5.74) is 5.66. The Morgan fingerprint density at radius 1 is 1.44 bits per heavy atom. The van der Waals surface area contributed by atoms with E-state index in [1.807, 2.05) is 20.8 Å². The van der Waals surface area contributed by atoms with Crippen molar-refractivity contribution in [2.45, 2.75) is 52.0 Å². The topological polar surface area (TPSA) is 95.6 Å². The minimum atomic E-state index is -1.53. The summed E-state index contributed by atoms with van der Waals surface area (Å²) < 4.78 is 0. The molecule has 16 heavy (non-hydrogen) atoms. The third-order valence-corrected chi connectivity index (χ3v) is 2.58. The lowest BCUT2D eigenvalue weighted by Gasteiger charge is -2.21. The van der Waals surface area contributed by atoms with Gasteiger partial charge in [0.1, 0.15) is 0 Å². The van der Waals surface area contributed by atoms with E-state index in [2.05, 4.69) is 5.32 Å². The molecule has 0 aromatic heterocycles. The Hall–Kier alpha value is -0.585. The molecule has 0 rings (SSSR count). The normalized spacial score (nSPS) is 14.7. The first-order valence-corrected chi connectivity index (χ1v) is 5.82. The van der Waals surface area contributed by atoms with Crippen molar-refractivity contribution < 1.29 is 14.8 Å². The van der Waals surface area contributed by atoms with Crippen LogP contribution in [0, 0.1) is 5.92 Å². The molecule has 0 saturated carbocycles. The molecule has 94 valence electrons. The number of nitrogens with two attached hydrogens (primary N) is 1. The molecule has 0 aliphatic rings. The average molecular weight is 230 g/mol. The Balaban J connectivity index is 4.23.